The van der Waals surface area contributed by atoms with Crippen LogP contribution in [0.15, 0.2) is 91.0 Å². The Morgan fingerprint density at radius 1 is 0.623 bits per heavy atom. The van der Waals surface area contributed by atoms with Gasteiger partial charge in [-0.2, -0.15) is 0 Å². The van der Waals surface area contributed by atoms with Crippen molar-refractivity contribution >= 4 is 29.7 Å². The molecule has 0 aliphatic carbocycles. The molecule has 3 aromatic carbocycles. The van der Waals surface area contributed by atoms with Gasteiger partial charge < -0.3 is 47.4 Å². The SMILES string of the molecule is CCS[C@@H]1O[C@@H]2COC(c3ccccc3)O[C@H]2[C@H](OC2O[C@@H]3COC(c4ccccc4)O[C@H]3[C@H](OC(C)=O)[C@H]2OC(C)=O)[C@H]1OC(=O)c1ccccc1. The number of rotatable bonds is 10. The minimum atomic E-state index is -1.36. The fourth-order valence-electron chi connectivity index (χ4n) is 6.90. The van der Waals surface area contributed by atoms with E-state index in [1.54, 1.807) is 30.3 Å². The van der Waals surface area contributed by atoms with Crippen molar-refractivity contribution in [2.75, 3.05) is 19.0 Å². The zero-order valence-electron chi connectivity index (χ0n) is 29.4. The van der Waals surface area contributed by atoms with Crippen LogP contribution < -0.4 is 0 Å². The van der Waals surface area contributed by atoms with Crippen LogP contribution in [0.4, 0.5) is 0 Å². The van der Waals surface area contributed by atoms with E-state index in [4.69, 9.17) is 47.4 Å². The van der Waals surface area contributed by atoms with E-state index in [2.05, 4.69) is 0 Å². The lowest BCUT2D eigenvalue weighted by atomic mass is 9.95. The number of thioether (sulfide) groups is 1. The molecule has 0 radical (unpaired) electrons. The van der Waals surface area contributed by atoms with Crippen molar-refractivity contribution in [3.8, 4) is 0 Å². The van der Waals surface area contributed by atoms with Crippen molar-refractivity contribution < 1.29 is 61.8 Å². The molecule has 14 heteroatoms. The van der Waals surface area contributed by atoms with E-state index < -0.39 is 91.0 Å². The van der Waals surface area contributed by atoms with Gasteiger partial charge in [-0.25, -0.2) is 4.79 Å². The van der Waals surface area contributed by atoms with Gasteiger partial charge in [-0.1, -0.05) is 85.8 Å². The summed E-state index contributed by atoms with van der Waals surface area (Å²) >= 11 is 1.43. The third-order valence-electron chi connectivity index (χ3n) is 9.19. The average Bonchev–Trinajstić information content (AvgIpc) is 3.17. The summed E-state index contributed by atoms with van der Waals surface area (Å²) in [6, 6.07) is 27.3. The van der Waals surface area contributed by atoms with Gasteiger partial charge in [0.2, 0.25) is 0 Å². The summed E-state index contributed by atoms with van der Waals surface area (Å²) in [5, 5.41) is 0. The molecule has 3 unspecified atom stereocenters. The molecule has 3 aromatic rings. The lowest BCUT2D eigenvalue weighted by Crippen LogP contribution is -2.68. The maximum absolute atomic E-state index is 13.7. The molecule has 0 spiro atoms. The molecule has 0 amide bonds. The van der Waals surface area contributed by atoms with E-state index in [0.29, 0.717) is 11.3 Å². The van der Waals surface area contributed by atoms with Crippen LogP contribution in [0.5, 0.6) is 0 Å². The van der Waals surface area contributed by atoms with Crippen molar-refractivity contribution in [2.24, 2.45) is 0 Å². The minimum absolute atomic E-state index is 0.0373. The van der Waals surface area contributed by atoms with Gasteiger partial charge in [0, 0.05) is 25.0 Å². The number of fused-ring (bicyclic) bond motifs is 2. The summed E-state index contributed by atoms with van der Waals surface area (Å²) in [6.07, 6.45) is -10.7. The third-order valence-corrected chi connectivity index (χ3v) is 10.2. The first-order chi connectivity index (χ1) is 25.8. The Morgan fingerprint density at radius 2 is 1.13 bits per heavy atom. The van der Waals surface area contributed by atoms with Gasteiger partial charge in [0.15, 0.2) is 37.2 Å². The quantitative estimate of drug-likeness (QED) is 0.205. The molecule has 4 fully saturated rings. The molecule has 7 rings (SSSR count). The number of hydrogen-bond donors (Lipinski definition) is 0. The Kier molecular flexibility index (Phi) is 12.1. The van der Waals surface area contributed by atoms with Crippen molar-refractivity contribution in [1.82, 2.24) is 0 Å². The van der Waals surface area contributed by atoms with E-state index in [9.17, 15) is 14.4 Å². The first kappa shape index (κ1) is 37.5. The zero-order valence-corrected chi connectivity index (χ0v) is 30.2. The Hall–Kier alpha value is -3.86. The number of carbonyl (C=O) groups excluding carboxylic acids is 3. The summed E-state index contributed by atoms with van der Waals surface area (Å²) in [7, 11) is 0. The second kappa shape index (κ2) is 17.1. The van der Waals surface area contributed by atoms with Gasteiger partial charge in [-0.15, -0.1) is 11.8 Å². The van der Waals surface area contributed by atoms with Crippen LogP contribution in [-0.4, -0.2) is 97.4 Å². The van der Waals surface area contributed by atoms with Gasteiger partial charge in [0.25, 0.3) is 0 Å². The van der Waals surface area contributed by atoms with Gasteiger partial charge in [-0.3, -0.25) is 9.59 Å². The molecule has 0 saturated carbocycles. The smallest absolute Gasteiger partial charge is 0.338 e. The van der Waals surface area contributed by atoms with Crippen LogP contribution in [0.3, 0.4) is 0 Å². The Bertz CT molecular complexity index is 1680. The molecule has 13 nitrogen and oxygen atoms in total. The van der Waals surface area contributed by atoms with Crippen molar-refractivity contribution in [3.63, 3.8) is 0 Å². The monoisotopic (exact) mass is 750 g/mol. The van der Waals surface area contributed by atoms with Gasteiger partial charge in [0.05, 0.1) is 18.8 Å². The fraction of sp³-hybridized carbons (Fsp3) is 0.462. The highest BCUT2D eigenvalue weighted by atomic mass is 32.2. The third kappa shape index (κ3) is 8.60. The predicted octanol–water partition coefficient (Wildman–Crippen LogP) is 4.89. The van der Waals surface area contributed by atoms with Crippen LogP contribution in [0, 0.1) is 0 Å². The van der Waals surface area contributed by atoms with Crippen molar-refractivity contribution in [3.05, 3.63) is 108 Å². The van der Waals surface area contributed by atoms with E-state index in [1.165, 1.54) is 25.6 Å². The first-order valence-electron chi connectivity index (χ1n) is 17.6. The summed E-state index contributed by atoms with van der Waals surface area (Å²) < 4.78 is 62.9. The molecule has 4 aliphatic rings. The second-order valence-electron chi connectivity index (χ2n) is 12.9. The minimum Gasteiger partial charge on any atom is -0.455 e. The number of esters is 3. The Balaban J connectivity index is 1.24. The maximum Gasteiger partial charge on any atom is 0.338 e. The standard InChI is InChI=1S/C39H42O13S/c1-4-53-39-34(49-35(42)24-14-8-5-9-15-24)32(30-28(48-39)21-44-37(51-30)26-18-12-7-13-19-26)52-38-33(46-23(3)41)31(45-22(2)40)29-27(47-38)20-43-36(50-29)25-16-10-6-11-17-25/h5-19,27-34,36-39H,4,20-21H2,1-3H3/t27-,28-,29-,30-,31+,32+,33-,34-,36?,37?,38?,39+/m1/s1. The van der Waals surface area contributed by atoms with Crippen LogP contribution >= 0.6 is 11.8 Å². The number of benzene rings is 3. The van der Waals surface area contributed by atoms with Crippen LogP contribution in [0.2, 0.25) is 0 Å². The van der Waals surface area contributed by atoms with E-state index >= 15 is 0 Å². The lowest BCUT2D eigenvalue weighted by Gasteiger charge is -2.52. The van der Waals surface area contributed by atoms with Crippen molar-refractivity contribution in [1.29, 1.82) is 0 Å². The Morgan fingerprint density at radius 3 is 1.68 bits per heavy atom. The summed E-state index contributed by atoms with van der Waals surface area (Å²) in [4.78, 5) is 39.0. The summed E-state index contributed by atoms with van der Waals surface area (Å²) in [5.41, 5.74) is 1.13. The molecule has 0 N–H and O–H groups in total. The normalized spacial score (nSPS) is 33.8. The number of ether oxygens (including phenoxy) is 10. The average molecular weight is 751 g/mol. The molecular weight excluding hydrogens is 708 g/mol. The molecule has 4 saturated heterocycles. The van der Waals surface area contributed by atoms with E-state index in [0.717, 1.165) is 11.1 Å². The zero-order chi connectivity index (χ0) is 36.9. The van der Waals surface area contributed by atoms with Gasteiger partial charge >= 0.3 is 17.9 Å². The molecule has 4 aliphatic heterocycles. The maximum atomic E-state index is 13.7. The molecule has 12 atom stereocenters. The summed E-state index contributed by atoms with van der Waals surface area (Å²) in [5.74, 6) is -1.28. The predicted molar refractivity (Wildman–Crippen MR) is 187 cm³/mol. The van der Waals surface area contributed by atoms with Crippen LogP contribution in [-0.2, 0) is 57.0 Å². The fourth-order valence-corrected chi connectivity index (χ4v) is 7.85. The van der Waals surface area contributed by atoms with Crippen LogP contribution in [0.25, 0.3) is 0 Å². The number of hydrogen-bond acceptors (Lipinski definition) is 14. The van der Waals surface area contributed by atoms with E-state index in [1.807, 2.05) is 67.6 Å². The molecule has 4 heterocycles. The molecule has 53 heavy (non-hydrogen) atoms. The molecule has 0 aromatic heterocycles. The van der Waals surface area contributed by atoms with E-state index in [-0.39, 0.29) is 13.2 Å². The lowest BCUT2D eigenvalue weighted by molar-refractivity contribution is -0.388. The van der Waals surface area contributed by atoms with Gasteiger partial charge in [-0.05, 0) is 17.9 Å². The Labute approximate surface area is 311 Å². The second-order valence-corrected chi connectivity index (χ2v) is 14.3. The first-order valence-corrected chi connectivity index (χ1v) is 18.7. The number of carbonyl (C=O) groups is 3. The largest absolute Gasteiger partial charge is 0.455 e. The highest BCUT2D eigenvalue weighted by Gasteiger charge is 2.58. The summed E-state index contributed by atoms with van der Waals surface area (Å²) in [6.45, 7) is 4.64. The molecular formula is C39H42O13S. The van der Waals surface area contributed by atoms with Gasteiger partial charge in [0.1, 0.15) is 36.0 Å². The van der Waals surface area contributed by atoms with Crippen molar-refractivity contribution in [2.45, 2.75) is 93.9 Å². The molecule has 0 bridgehead atoms. The van der Waals surface area contributed by atoms with Crippen LogP contribution in [0.1, 0.15) is 54.8 Å². The highest BCUT2D eigenvalue weighted by molar-refractivity contribution is 7.99. The highest BCUT2D eigenvalue weighted by Crippen LogP contribution is 2.42. The molecule has 282 valence electrons. The topological polar surface area (TPSA) is 144 Å².